The highest BCUT2D eigenvalue weighted by molar-refractivity contribution is 7.07. The van der Waals surface area contributed by atoms with Gasteiger partial charge in [0.2, 0.25) is 0 Å². The molecular weight excluding hydrogens is 276 g/mol. The molecule has 1 fully saturated rings. The van der Waals surface area contributed by atoms with Crippen molar-refractivity contribution in [2.24, 2.45) is 0 Å². The molecule has 110 valence electrons. The van der Waals surface area contributed by atoms with Gasteiger partial charge < -0.3 is 0 Å². The number of hydrogen-bond donors (Lipinski definition) is 0. The van der Waals surface area contributed by atoms with Crippen LogP contribution in [-0.4, -0.2) is 42.5 Å². The van der Waals surface area contributed by atoms with Crippen molar-refractivity contribution < 1.29 is 0 Å². The van der Waals surface area contributed by atoms with E-state index in [1.807, 2.05) is 0 Å². The Morgan fingerprint density at radius 2 is 1.71 bits per heavy atom. The van der Waals surface area contributed by atoms with Gasteiger partial charge in [0.25, 0.3) is 0 Å². The first-order valence-corrected chi connectivity index (χ1v) is 8.52. The maximum Gasteiger partial charge on any atom is 0.0243 e. The van der Waals surface area contributed by atoms with Crippen LogP contribution in [-0.2, 0) is 6.54 Å². The number of rotatable bonds is 5. The summed E-state index contributed by atoms with van der Waals surface area (Å²) in [6, 6.07) is 12.8. The van der Waals surface area contributed by atoms with Crippen molar-refractivity contribution in [2.75, 3.05) is 32.7 Å². The van der Waals surface area contributed by atoms with Crippen molar-refractivity contribution in [1.82, 2.24) is 9.80 Å². The highest BCUT2D eigenvalue weighted by Gasteiger charge is 2.15. The molecule has 2 nitrogen and oxygen atoms in total. The molecule has 0 spiro atoms. The zero-order chi connectivity index (χ0) is 14.3. The smallest absolute Gasteiger partial charge is 0.0243 e. The van der Waals surface area contributed by atoms with Crippen molar-refractivity contribution >= 4 is 17.4 Å². The van der Waals surface area contributed by atoms with Gasteiger partial charge in [-0.05, 0) is 28.0 Å². The number of hydrogen-bond acceptors (Lipinski definition) is 3. The van der Waals surface area contributed by atoms with Gasteiger partial charge in [-0.2, -0.15) is 11.3 Å². The molecule has 1 aliphatic rings. The Morgan fingerprint density at radius 1 is 0.952 bits per heavy atom. The maximum atomic E-state index is 2.56. The molecule has 0 unspecified atom stereocenters. The topological polar surface area (TPSA) is 6.48 Å². The fourth-order valence-electron chi connectivity index (χ4n) is 2.67. The Morgan fingerprint density at radius 3 is 2.43 bits per heavy atom. The molecule has 0 atom stereocenters. The molecule has 0 amide bonds. The van der Waals surface area contributed by atoms with E-state index in [2.05, 4.69) is 69.1 Å². The van der Waals surface area contributed by atoms with Crippen molar-refractivity contribution in [3.63, 3.8) is 0 Å². The molecular formula is C18H22N2S. The van der Waals surface area contributed by atoms with Crippen LogP contribution in [0.2, 0.25) is 0 Å². The third-order valence-electron chi connectivity index (χ3n) is 3.92. The van der Waals surface area contributed by atoms with Crippen LogP contribution in [0, 0.1) is 0 Å². The highest BCUT2D eigenvalue weighted by Crippen LogP contribution is 2.11. The maximum absolute atomic E-state index is 2.56. The van der Waals surface area contributed by atoms with Gasteiger partial charge >= 0.3 is 0 Å². The van der Waals surface area contributed by atoms with E-state index in [9.17, 15) is 0 Å². The third kappa shape index (κ3) is 4.53. The van der Waals surface area contributed by atoms with Crippen molar-refractivity contribution in [2.45, 2.75) is 6.54 Å². The quantitative estimate of drug-likeness (QED) is 0.832. The van der Waals surface area contributed by atoms with Gasteiger partial charge in [0.05, 0.1) is 0 Å². The van der Waals surface area contributed by atoms with E-state index < -0.39 is 0 Å². The van der Waals surface area contributed by atoms with E-state index in [1.54, 1.807) is 11.3 Å². The standard InChI is InChI=1S/C18H22N2S/c1-2-5-17(6-3-1)7-4-9-19-10-12-20(13-11-19)15-18-8-14-21-16-18/h1-8,14,16H,9-13,15H2. The molecule has 0 saturated carbocycles. The number of piperazine rings is 1. The molecule has 1 saturated heterocycles. The molecule has 0 N–H and O–H groups in total. The summed E-state index contributed by atoms with van der Waals surface area (Å²) < 4.78 is 0. The van der Waals surface area contributed by atoms with Gasteiger partial charge in [-0.15, -0.1) is 0 Å². The minimum absolute atomic E-state index is 1.06. The lowest BCUT2D eigenvalue weighted by Gasteiger charge is -2.33. The van der Waals surface area contributed by atoms with Crippen LogP contribution in [0.15, 0.2) is 53.2 Å². The first-order valence-electron chi connectivity index (χ1n) is 7.57. The van der Waals surface area contributed by atoms with Crippen LogP contribution in [0.25, 0.3) is 6.08 Å². The van der Waals surface area contributed by atoms with Crippen LogP contribution in [0.3, 0.4) is 0 Å². The largest absolute Gasteiger partial charge is 0.297 e. The molecule has 3 rings (SSSR count). The zero-order valence-corrected chi connectivity index (χ0v) is 13.1. The second kappa shape index (κ2) is 7.55. The van der Waals surface area contributed by atoms with E-state index in [4.69, 9.17) is 0 Å². The minimum atomic E-state index is 1.06. The van der Waals surface area contributed by atoms with E-state index in [1.165, 1.54) is 37.3 Å². The van der Waals surface area contributed by atoms with Gasteiger partial charge in [-0.25, -0.2) is 0 Å². The van der Waals surface area contributed by atoms with Crippen LogP contribution >= 0.6 is 11.3 Å². The number of benzene rings is 1. The molecule has 2 heterocycles. The van der Waals surface area contributed by atoms with Crippen LogP contribution in [0.1, 0.15) is 11.1 Å². The zero-order valence-electron chi connectivity index (χ0n) is 12.3. The lowest BCUT2D eigenvalue weighted by molar-refractivity contribution is 0.137. The van der Waals surface area contributed by atoms with E-state index in [0.29, 0.717) is 0 Å². The van der Waals surface area contributed by atoms with Crippen LogP contribution < -0.4 is 0 Å². The predicted octanol–water partition coefficient (Wildman–Crippen LogP) is 3.58. The number of nitrogens with zero attached hydrogens (tertiary/aromatic N) is 2. The summed E-state index contributed by atoms with van der Waals surface area (Å²) in [7, 11) is 0. The summed E-state index contributed by atoms with van der Waals surface area (Å²) in [5.74, 6) is 0. The minimum Gasteiger partial charge on any atom is -0.297 e. The molecule has 1 aliphatic heterocycles. The molecule has 2 aromatic rings. The summed E-state index contributed by atoms with van der Waals surface area (Å²) in [5.41, 5.74) is 2.74. The van der Waals surface area contributed by atoms with E-state index >= 15 is 0 Å². The molecule has 0 aliphatic carbocycles. The third-order valence-corrected chi connectivity index (χ3v) is 4.66. The van der Waals surface area contributed by atoms with Crippen LogP contribution in [0.5, 0.6) is 0 Å². The van der Waals surface area contributed by atoms with Gasteiger partial charge in [-0.1, -0.05) is 42.5 Å². The van der Waals surface area contributed by atoms with Crippen molar-refractivity contribution in [1.29, 1.82) is 0 Å². The first-order chi connectivity index (χ1) is 10.4. The van der Waals surface area contributed by atoms with Crippen molar-refractivity contribution in [3.8, 4) is 0 Å². The Labute approximate surface area is 131 Å². The lowest BCUT2D eigenvalue weighted by atomic mass is 10.2. The predicted molar refractivity (Wildman–Crippen MR) is 91.5 cm³/mol. The molecule has 3 heteroatoms. The molecule has 0 radical (unpaired) electrons. The average molecular weight is 298 g/mol. The Balaban J connectivity index is 1.40. The monoisotopic (exact) mass is 298 g/mol. The summed E-state index contributed by atoms with van der Waals surface area (Å²) in [6.07, 6.45) is 4.50. The summed E-state index contributed by atoms with van der Waals surface area (Å²) in [4.78, 5) is 5.09. The second-order valence-electron chi connectivity index (χ2n) is 5.52. The first kappa shape index (κ1) is 14.5. The summed E-state index contributed by atoms with van der Waals surface area (Å²) >= 11 is 1.79. The number of thiophene rings is 1. The Hall–Kier alpha value is -1.42. The SMILES string of the molecule is C(=Cc1ccccc1)CN1CCN(Cc2ccsc2)CC1. The van der Waals surface area contributed by atoms with Crippen LogP contribution in [0.4, 0.5) is 0 Å². The van der Waals surface area contributed by atoms with Gasteiger partial charge in [0.1, 0.15) is 0 Å². The molecule has 1 aromatic carbocycles. The molecule has 0 bridgehead atoms. The Kier molecular flexibility index (Phi) is 5.22. The summed E-state index contributed by atoms with van der Waals surface area (Å²) in [6.45, 7) is 6.86. The van der Waals surface area contributed by atoms with E-state index in [0.717, 1.165) is 13.1 Å². The lowest BCUT2D eigenvalue weighted by Crippen LogP contribution is -2.45. The van der Waals surface area contributed by atoms with Gasteiger partial charge in [0.15, 0.2) is 0 Å². The van der Waals surface area contributed by atoms with Gasteiger partial charge in [0, 0.05) is 39.3 Å². The summed E-state index contributed by atoms with van der Waals surface area (Å²) in [5, 5.41) is 4.43. The van der Waals surface area contributed by atoms with Crippen molar-refractivity contribution in [3.05, 3.63) is 64.4 Å². The van der Waals surface area contributed by atoms with Gasteiger partial charge in [-0.3, -0.25) is 9.80 Å². The van der Waals surface area contributed by atoms with E-state index in [-0.39, 0.29) is 0 Å². The molecule has 21 heavy (non-hydrogen) atoms. The second-order valence-corrected chi connectivity index (χ2v) is 6.30. The Bertz CT molecular complexity index is 540. The molecule has 1 aromatic heterocycles. The normalized spacial score (nSPS) is 17.5. The fourth-order valence-corrected chi connectivity index (χ4v) is 3.33. The fraction of sp³-hybridized carbons (Fsp3) is 0.333. The highest BCUT2D eigenvalue weighted by atomic mass is 32.1. The average Bonchev–Trinajstić information content (AvgIpc) is 3.03.